The molecule has 5 N–H and O–H groups in total. The van der Waals surface area contributed by atoms with Crippen molar-refractivity contribution in [3.63, 3.8) is 0 Å². The van der Waals surface area contributed by atoms with Crippen LogP contribution in [0.3, 0.4) is 0 Å². The van der Waals surface area contributed by atoms with Gasteiger partial charge in [0.15, 0.2) is 0 Å². The SMILES string of the molecule is CCCCc1ccc(C(=O)O)c(C)c1C(=O)O.NNC(=O)Cc1cn(CCc2ccccc2)c2ccccc12. The van der Waals surface area contributed by atoms with Gasteiger partial charge in [-0.15, -0.1) is 0 Å². The Bertz CT molecular complexity index is 1440. The molecule has 0 atom stereocenters. The summed E-state index contributed by atoms with van der Waals surface area (Å²) in [6, 6.07) is 21.6. The zero-order valence-corrected chi connectivity index (χ0v) is 22.3. The van der Waals surface area contributed by atoms with Crippen LogP contribution in [0.15, 0.2) is 72.9 Å². The number of carbonyl (C=O) groups is 3. The molecule has 39 heavy (non-hydrogen) atoms. The Labute approximate surface area is 228 Å². The standard InChI is InChI=1S/C18H19N3O.C13H16O4/c19-20-18(22)12-15-13-21(17-9-5-4-8-16(15)17)11-10-14-6-2-1-3-7-14;1-3-4-5-9-6-7-10(12(14)15)8(2)11(9)13(16)17/h1-9,13H,10-12,19H2,(H,20,22);6-7H,3-5H2,1-2H3,(H,14,15)(H,16,17). The van der Waals surface area contributed by atoms with E-state index in [4.69, 9.17) is 16.1 Å². The van der Waals surface area contributed by atoms with E-state index in [-0.39, 0.29) is 17.0 Å². The molecule has 0 fully saturated rings. The topological polar surface area (TPSA) is 135 Å². The van der Waals surface area contributed by atoms with Crippen molar-refractivity contribution >= 4 is 28.7 Å². The average Bonchev–Trinajstić information content (AvgIpc) is 3.28. The van der Waals surface area contributed by atoms with Crippen LogP contribution in [0.1, 0.15) is 62.7 Å². The predicted molar refractivity (Wildman–Crippen MR) is 152 cm³/mol. The van der Waals surface area contributed by atoms with Crippen LogP contribution >= 0.6 is 0 Å². The van der Waals surface area contributed by atoms with Crippen molar-refractivity contribution in [1.82, 2.24) is 9.99 Å². The van der Waals surface area contributed by atoms with Crippen LogP contribution in [0, 0.1) is 6.92 Å². The van der Waals surface area contributed by atoms with Gasteiger partial charge in [-0.2, -0.15) is 0 Å². The van der Waals surface area contributed by atoms with Gasteiger partial charge in [-0.1, -0.05) is 67.9 Å². The minimum atomic E-state index is -1.09. The zero-order chi connectivity index (χ0) is 28.4. The van der Waals surface area contributed by atoms with Gasteiger partial charge in [0.1, 0.15) is 0 Å². The number of aromatic nitrogens is 1. The number of aryl methyl sites for hydroxylation is 3. The van der Waals surface area contributed by atoms with Gasteiger partial charge >= 0.3 is 11.9 Å². The van der Waals surface area contributed by atoms with Crippen molar-refractivity contribution in [3.8, 4) is 0 Å². The number of hydrogen-bond acceptors (Lipinski definition) is 4. The molecule has 1 amide bonds. The summed E-state index contributed by atoms with van der Waals surface area (Å²) in [4.78, 5) is 33.7. The first-order chi connectivity index (χ1) is 18.8. The number of carbonyl (C=O) groups excluding carboxylic acids is 1. The molecule has 0 saturated carbocycles. The molecule has 0 saturated heterocycles. The number of fused-ring (bicyclic) bond motifs is 1. The Morgan fingerprint density at radius 3 is 2.21 bits per heavy atom. The number of nitrogens with two attached hydrogens (primary N) is 1. The van der Waals surface area contributed by atoms with E-state index in [9.17, 15) is 14.4 Å². The number of hydrazine groups is 1. The summed E-state index contributed by atoms with van der Waals surface area (Å²) in [5.74, 6) is 2.87. The molecule has 3 aromatic carbocycles. The van der Waals surface area contributed by atoms with E-state index < -0.39 is 11.9 Å². The summed E-state index contributed by atoms with van der Waals surface area (Å²) in [5.41, 5.74) is 6.90. The summed E-state index contributed by atoms with van der Waals surface area (Å²) in [5, 5.41) is 19.2. The van der Waals surface area contributed by atoms with E-state index in [1.54, 1.807) is 13.0 Å². The molecule has 4 rings (SSSR count). The molecule has 1 aromatic heterocycles. The third kappa shape index (κ3) is 7.55. The molecule has 4 aromatic rings. The number of nitrogens with zero attached hydrogens (tertiary/aromatic N) is 1. The molecule has 0 unspecified atom stereocenters. The van der Waals surface area contributed by atoms with Crippen molar-refractivity contribution in [2.45, 2.75) is 52.5 Å². The Morgan fingerprint density at radius 2 is 1.56 bits per heavy atom. The number of carboxylic acids is 2. The number of amides is 1. The number of hydrogen-bond donors (Lipinski definition) is 4. The lowest BCUT2D eigenvalue weighted by Gasteiger charge is -2.11. The Morgan fingerprint density at radius 1 is 0.872 bits per heavy atom. The van der Waals surface area contributed by atoms with Crippen LogP contribution in [0.4, 0.5) is 0 Å². The fourth-order valence-corrected chi connectivity index (χ4v) is 4.64. The first kappa shape index (κ1) is 29.1. The molecule has 0 aliphatic heterocycles. The van der Waals surface area contributed by atoms with Crippen LogP contribution in [0.2, 0.25) is 0 Å². The van der Waals surface area contributed by atoms with Crippen molar-refractivity contribution in [2.24, 2.45) is 5.84 Å². The molecule has 204 valence electrons. The van der Waals surface area contributed by atoms with Crippen molar-refractivity contribution in [3.05, 3.63) is 106 Å². The number of rotatable bonds is 10. The average molecular weight is 530 g/mol. The maximum atomic E-state index is 11.6. The lowest BCUT2D eigenvalue weighted by Crippen LogP contribution is -2.31. The normalized spacial score (nSPS) is 10.5. The van der Waals surface area contributed by atoms with Gasteiger partial charge in [0.05, 0.1) is 17.5 Å². The molecule has 0 aliphatic carbocycles. The molecule has 0 aliphatic rings. The van der Waals surface area contributed by atoms with Crippen LogP contribution in [-0.4, -0.2) is 32.6 Å². The van der Waals surface area contributed by atoms with E-state index in [1.807, 2.05) is 31.2 Å². The fraction of sp³-hybridized carbons (Fsp3) is 0.258. The molecule has 1 heterocycles. The van der Waals surface area contributed by atoms with E-state index in [1.165, 1.54) is 11.6 Å². The summed E-state index contributed by atoms with van der Waals surface area (Å²) in [6.07, 6.45) is 5.85. The second-order valence-corrected chi connectivity index (χ2v) is 9.33. The molecule has 8 heteroatoms. The lowest BCUT2D eigenvalue weighted by atomic mass is 9.94. The van der Waals surface area contributed by atoms with Crippen LogP contribution in [0.25, 0.3) is 10.9 Å². The number of benzene rings is 3. The monoisotopic (exact) mass is 529 g/mol. The molecule has 0 bridgehead atoms. The predicted octanol–water partition coefficient (Wildman–Crippen LogP) is 5.15. The fourth-order valence-electron chi connectivity index (χ4n) is 4.64. The van der Waals surface area contributed by atoms with Crippen LogP contribution < -0.4 is 11.3 Å². The van der Waals surface area contributed by atoms with E-state index in [2.05, 4.69) is 46.5 Å². The third-order valence-electron chi connectivity index (χ3n) is 6.66. The maximum absolute atomic E-state index is 11.6. The van der Waals surface area contributed by atoms with E-state index in [0.29, 0.717) is 24.0 Å². The molecule has 8 nitrogen and oxygen atoms in total. The highest BCUT2D eigenvalue weighted by molar-refractivity contribution is 5.97. The van der Waals surface area contributed by atoms with Crippen molar-refractivity contribution in [2.75, 3.05) is 0 Å². The number of aromatic carboxylic acids is 2. The lowest BCUT2D eigenvalue weighted by molar-refractivity contribution is -0.120. The van der Waals surface area contributed by atoms with Crippen LogP contribution in [0.5, 0.6) is 0 Å². The number of nitrogens with one attached hydrogen (secondary N) is 1. The maximum Gasteiger partial charge on any atom is 0.336 e. The largest absolute Gasteiger partial charge is 0.478 e. The minimum absolute atomic E-state index is 0.0580. The van der Waals surface area contributed by atoms with Gasteiger partial charge in [-0.05, 0) is 60.6 Å². The summed E-state index contributed by atoms with van der Waals surface area (Å²) >= 11 is 0. The van der Waals surface area contributed by atoms with E-state index in [0.717, 1.165) is 42.3 Å². The number of para-hydroxylation sites is 1. The van der Waals surface area contributed by atoms with Crippen LogP contribution in [-0.2, 0) is 30.6 Å². The van der Waals surface area contributed by atoms with Gasteiger partial charge in [0.25, 0.3) is 0 Å². The minimum Gasteiger partial charge on any atom is -0.478 e. The van der Waals surface area contributed by atoms with Gasteiger partial charge in [-0.3, -0.25) is 10.2 Å². The van der Waals surface area contributed by atoms with Gasteiger partial charge in [-0.25, -0.2) is 15.4 Å². The summed E-state index contributed by atoms with van der Waals surface area (Å²) < 4.78 is 2.21. The third-order valence-corrected chi connectivity index (χ3v) is 6.66. The number of carboxylic acid groups (broad SMARTS) is 2. The number of unbranched alkanes of at least 4 members (excludes halogenated alkanes) is 1. The molecule has 0 spiro atoms. The first-order valence-corrected chi connectivity index (χ1v) is 13.0. The highest BCUT2D eigenvalue weighted by Gasteiger charge is 2.18. The second-order valence-electron chi connectivity index (χ2n) is 9.33. The Hall–Kier alpha value is -4.43. The summed E-state index contributed by atoms with van der Waals surface area (Å²) in [6.45, 7) is 4.45. The smallest absolute Gasteiger partial charge is 0.336 e. The highest BCUT2D eigenvalue weighted by atomic mass is 16.4. The highest BCUT2D eigenvalue weighted by Crippen LogP contribution is 2.23. The summed E-state index contributed by atoms with van der Waals surface area (Å²) in [7, 11) is 0. The Kier molecular flexibility index (Phi) is 10.4. The molecular formula is C31H35N3O5. The first-order valence-electron chi connectivity index (χ1n) is 13.0. The quantitative estimate of drug-likeness (QED) is 0.127. The van der Waals surface area contributed by atoms with Crippen molar-refractivity contribution in [1.29, 1.82) is 0 Å². The van der Waals surface area contributed by atoms with Gasteiger partial charge < -0.3 is 14.8 Å². The van der Waals surface area contributed by atoms with Crippen molar-refractivity contribution < 1.29 is 24.6 Å². The van der Waals surface area contributed by atoms with E-state index >= 15 is 0 Å². The molecular weight excluding hydrogens is 494 g/mol. The Balaban J connectivity index is 0.000000224. The zero-order valence-electron chi connectivity index (χ0n) is 22.3. The van der Waals surface area contributed by atoms with Gasteiger partial charge in [0.2, 0.25) is 5.91 Å². The van der Waals surface area contributed by atoms with Gasteiger partial charge in [0, 0.05) is 23.6 Å². The molecule has 0 radical (unpaired) electrons. The second kappa shape index (κ2) is 13.9.